The minimum Gasteiger partial charge on any atom is -0.481 e. The van der Waals surface area contributed by atoms with E-state index in [0.717, 1.165) is 4.68 Å². The topological polar surface area (TPSA) is 434 Å². The van der Waals surface area contributed by atoms with Gasteiger partial charge in [-0.2, -0.15) is 0 Å². The minimum absolute atomic E-state index is 0.0362. The van der Waals surface area contributed by atoms with Gasteiger partial charge in [0.2, 0.25) is 23.6 Å². The highest BCUT2D eigenvalue weighted by Crippen LogP contribution is 2.26. The van der Waals surface area contributed by atoms with Crippen LogP contribution in [0.15, 0.2) is 6.20 Å². The molecule has 2 heterocycles. The zero-order chi connectivity index (χ0) is 59.9. The normalized spacial score (nSPS) is 18.9. The van der Waals surface area contributed by atoms with Crippen LogP contribution in [0.4, 0.5) is 4.39 Å². The van der Waals surface area contributed by atoms with Crippen molar-refractivity contribution in [1.29, 1.82) is 0 Å². The van der Waals surface area contributed by atoms with Crippen LogP contribution in [0.3, 0.4) is 0 Å². The summed E-state index contributed by atoms with van der Waals surface area (Å²) in [6.45, 7) is 6.59. The molecule has 1 fully saturated rings. The lowest BCUT2D eigenvalue weighted by Gasteiger charge is -2.40. The summed E-state index contributed by atoms with van der Waals surface area (Å²) in [5.41, 5.74) is 0.422. The highest BCUT2D eigenvalue weighted by Gasteiger charge is 2.47. The van der Waals surface area contributed by atoms with Gasteiger partial charge in [-0.1, -0.05) is 26.0 Å². The van der Waals surface area contributed by atoms with Gasteiger partial charge in [0.1, 0.15) is 42.8 Å². The number of nitrogens with zero attached hydrogens (tertiary/aromatic N) is 3. The largest absolute Gasteiger partial charge is 0.481 e. The van der Waals surface area contributed by atoms with Gasteiger partial charge >= 0.3 is 17.9 Å². The van der Waals surface area contributed by atoms with Crippen molar-refractivity contribution >= 4 is 64.7 Å². The number of rotatable bonds is 44. The lowest BCUT2D eigenvalue weighted by atomic mass is 9.86. The number of carbonyl (C=O) groups excluding carboxylic acids is 8. The number of amides is 4. The molecule has 1 aromatic rings. The van der Waals surface area contributed by atoms with Gasteiger partial charge in [0.15, 0.2) is 17.3 Å². The van der Waals surface area contributed by atoms with E-state index in [9.17, 15) is 87.8 Å². The Bertz CT molecular complexity index is 2200. The molecule has 0 aromatic carbocycles. The van der Waals surface area contributed by atoms with Crippen molar-refractivity contribution in [3.05, 3.63) is 11.9 Å². The van der Waals surface area contributed by atoms with E-state index < -0.39 is 183 Å². The number of aromatic nitrogens is 3. The Morgan fingerprint density at radius 3 is 1.84 bits per heavy atom. The van der Waals surface area contributed by atoms with E-state index in [0.29, 0.717) is 45.1 Å². The average molecular weight is 1150 g/mol. The summed E-state index contributed by atoms with van der Waals surface area (Å²) >= 11 is 0. The molecule has 10 atom stereocenters. The molecular weight excluding hydrogens is 1070 g/mol. The second-order valence-corrected chi connectivity index (χ2v) is 19.5. The van der Waals surface area contributed by atoms with E-state index in [1.54, 1.807) is 0 Å². The number of aliphatic carboxylic acids is 3. The second-order valence-electron chi connectivity index (χ2n) is 19.5. The van der Waals surface area contributed by atoms with Crippen LogP contribution in [0.25, 0.3) is 0 Å². The number of carboxylic acid groups (broad SMARTS) is 3. The minimum atomic E-state index is -2.12. The van der Waals surface area contributed by atoms with Crippen molar-refractivity contribution in [2.75, 3.05) is 72.6 Å². The smallest absolute Gasteiger partial charge is 0.305 e. The SMILES string of the molecule is CC(=O)CCOCCOCCOCCOCCNC(=O)[C@H](C)CC(=O)[C@H](CC(=O)O)NC(=O)[C@@H](CC(=O)[C@H](CCC(=O)O)NC(=O)[C@H](CC(=O)O)CC(=O)C1OC(CNC(=O)Cn2cc(CCC[18F])nn2)C(O)C(O)C1O)C(C)C. The number of hydrogen-bond donors (Lipinski definition) is 10. The predicted molar refractivity (Wildman–Crippen MR) is 271 cm³/mol. The molecule has 0 radical (unpaired) electrons. The van der Waals surface area contributed by atoms with Gasteiger partial charge in [0, 0.05) is 63.2 Å². The molecule has 0 aliphatic carbocycles. The molecule has 0 bridgehead atoms. The Morgan fingerprint density at radius 2 is 1.26 bits per heavy atom. The first-order chi connectivity index (χ1) is 37.8. The van der Waals surface area contributed by atoms with E-state index in [-0.39, 0.29) is 51.5 Å². The van der Waals surface area contributed by atoms with Crippen LogP contribution < -0.4 is 21.3 Å². The first-order valence-electron chi connectivity index (χ1n) is 26.2. The Morgan fingerprint density at radius 1 is 0.675 bits per heavy atom. The third kappa shape index (κ3) is 27.3. The number of halogens is 1. The van der Waals surface area contributed by atoms with E-state index in [2.05, 4.69) is 31.6 Å². The number of aliphatic hydroxyl groups is 3. The van der Waals surface area contributed by atoms with Gasteiger partial charge < -0.3 is 75.6 Å². The molecular formula is C50H78FN7O22. The molecule has 10 N–H and O–H groups in total. The number of hydrogen-bond acceptors (Lipinski definition) is 21. The zero-order valence-corrected chi connectivity index (χ0v) is 45.4. The van der Waals surface area contributed by atoms with E-state index in [1.165, 1.54) is 33.9 Å². The molecule has 4 amide bonds. The van der Waals surface area contributed by atoms with Gasteiger partial charge in [-0.25, -0.2) is 4.68 Å². The van der Waals surface area contributed by atoms with E-state index in [4.69, 9.17) is 23.7 Å². The summed E-state index contributed by atoms with van der Waals surface area (Å²) in [6.07, 6.45) is -12.9. The molecule has 1 aliphatic rings. The maximum absolute atomic E-state index is 13.9. The van der Waals surface area contributed by atoms with Crippen molar-refractivity contribution in [3.8, 4) is 0 Å². The predicted octanol–water partition coefficient (Wildman–Crippen LogP) is -2.51. The number of carboxylic acids is 3. The van der Waals surface area contributed by atoms with Crippen LogP contribution >= 0.6 is 0 Å². The highest BCUT2D eigenvalue weighted by atomic mass is 18.2. The summed E-state index contributed by atoms with van der Waals surface area (Å²) in [7, 11) is 0. The van der Waals surface area contributed by atoms with Gasteiger partial charge in [-0.3, -0.25) is 57.1 Å². The summed E-state index contributed by atoms with van der Waals surface area (Å²) in [5, 5.41) is 78.1. The Labute approximate surface area is 460 Å². The van der Waals surface area contributed by atoms with Crippen LogP contribution in [0.5, 0.6) is 0 Å². The third-order valence-electron chi connectivity index (χ3n) is 12.4. The third-order valence-corrected chi connectivity index (χ3v) is 12.4. The number of ether oxygens (including phenoxy) is 5. The standard InChI is InChI=1S/C50H78FN7O22/c1-28(2)33(50(75)55-35(24-43(68)69)36(60)20-29(3)48(73)52-11-13-77-15-17-79-19-18-78-16-14-76-12-9-30(4)59)23-37(61)34(7-8-41(64)65)54-49(74)31(22-42(66)67)21-38(62)47-46(72)45(71)44(70)39(80-47)25-53-40(63)27-58-26-32(56-57-58)6-5-10-51/h26,28-29,31,33-35,39,44-47,70-72H,5-25,27H2,1-4H3,(H,52,73)(H,53,63)(H,54,74)(H,55,75)(H,64,65)(H,66,67)(H,68,69)/t29-,31+,33+,34+,35+,39?,44?,45?,46?,47?/m1/s1/i51-1. The molecule has 29 nitrogen and oxygen atoms in total. The van der Waals surface area contributed by atoms with Crippen molar-refractivity contribution in [2.45, 2.75) is 141 Å². The molecule has 452 valence electrons. The fraction of sp³-hybridized carbons (Fsp3) is 0.740. The maximum Gasteiger partial charge on any atom is 0.305 e. The van der Waals surface area contributed by atoms with Crippen LogP contribution in [0.2, 0.25) is 0 Å². The summed E-state index contributed by atoms with van der Waals surface area (Å²) in [6, 6.07) is -3.39. The fourth-order valence-electron chi connectivity index (χ4n) is 7.90. The molecule has 0 spiro atoms. The lowest BCUT2D eigenvalue weighted by molar-refractivity contribution is -0.218. The van der Waals surface area contributed by atoms with Gasteiger partial charge in [0.25, 0.3) is 0 Å². The molecule has 0 saturated carbocycles. The van der Waals surface area contributed by atoms with Crippen LogP contribution in [-0.4, -0.2) is 226 Å². The summed E-state index contributed by atoms with van der Waals surface area (Å²) < 4.78 is 40.7. The Hall–Kier alpha value is -6.28. The van der Waals surface area contributed by atoms with Crippen molar-refractivity contribution in [1.82, 2.24) is 36.3 Å². The molecule has 1 saturated heterocycles. The highest BCUT2D eigenvalue weighted by molar-refractivity contribution is 5.98. The van der Waals surface area contributed by atoms with Crippen LogP contribution in [0, 0.1) is 23.7 Å². The molecule has 1 aromatic heterocycles. The van der Waals surface area contributed by atoms with Gasteiger partial charge in [0.05, 0.1) is 96.1 Å². The molecule has 30 heteroatoms. The molecule has 80 heavy (non-hydrogen) atoms. The van der Waals surface area contributed by atoms with Crippen LogP contribution in [0.1, 0.15) is 91.2 Å². The first-order valence-corrected chi connectivity index (χ1v) is 26.2. The number of carbonyl (C=O) groups is 11. The maximum atomic E-state index is 13.9. The monoisotopic (exact) mass is 1150 g/mol. The first kappa shape index (κ1) is 69.8. The Balaban J connectivity index is 2.04. The number of ketones is 4. The number of Topliss-reactive ketones (excluding diaryl/α,β-unsaturated/α-hetero) is 4. The molecule has 1 aliphatic heterocycles. The Kier molecular flexibility index (Phi) is 32.8. The van der Waals surface area contributed by atoms with Gasteiger partial charge in [-0.05, 0) is 32.1 Å². The van der Waals surface area contributed by atoms with Crippen molar-refractivity contribution < 1.29 is 111 Å². The van der Waals surface area contributed by atoms with Crippen molar-refractivity contribution in [3.63, 3.8) is 0 Å². The summed E-state index contributed by atoms with van der Waals surface area (Å²) in [5.74, 6) is -15.8. The van der Waals surface area contributed by atoms with Crippen molar-refractivity contribution in [2.24, 2.45) is 23.7 Å². The number of aryl methyl sites for hydroxylation is 1. The molecule has 2 rings (SSSR count). The lowest BCUT2D eigenvalue weighted by Crippen LogP contribution is -2.62. The number of alkyl halides is 1. The van der Waals surface area contributed by atoms with E-state index >= 15 is 0 Å². The zero-order valence-electron chi connectivity index (χ0n) is 45.4. The summed E-state index contributed by atoms with van der Waals surface area (Å²) in [4.78, 5) is 140. The molecule has 5 unspecified atom stereocenters. The fourth-order valence-corrected chi connectivity index (χ4v) is 7.90. The quantitative estimate of drug-likeness (QED) is 0.0302. The second kappa shape index (κ2) is 37.6. The number of aliphatic hydroxyl groups excluding tert-OH is 3. The average Bonchev–Trinajstić information content (AvgIpc) is 3.83. The number of nitrogens with one attached hydrogen (secondary N) is 4. The van der Waals surface area contributed by atoms with Crippen LogP contribution in [-0.2, 0) is 89.4 Å². The van der Waals surface area contributed by atoms with Gasteiger partial charge in [-0.15, -0.1) is 5.10 Å². The van der Waals surface area contributed by atoms with E-state index in [1.807, 2.05) is 0 Å².